The van der Waals surface area contributed by atoms with E-state index in [1.54, 1.807) is 20.8 Å². The molecule has 1 aliphatic heterocycles. The Bertz CT molecular complexity index is 341. The second-order valence-corrected chi connectivity index (χ2v) is 5.04. The first kappa shape index (κ1) is 13.5. The Kier molecular flexibility index (Phi) is 4.15. The standard InChI is InChI=1S/C12H19NO4/c1-12(2,3)17-11(16)13-6-4-9(8-14)10(15)5-7-13/h8,14H,4-7H2,1-3H3. The van der Waals surface area contributed by atoms with Crippen LogP contribution >= 0.6 is 0 Å². The van der Waals surface area contributed by atoms with Crippen LogP contribution < -0.4 is 0 Å². The lowest BCUT2D eigenvalue weighted by Gasteiger charge is -2.26. The molecule has 0 aromatic heterocycles. The number of carbonyl (C=O) groups is 2. The summed E-state index contributed by atoms with van der Waals surface area (Å²) in [4.78, 5) is 24.8. The molecule has 5 heteroatoms. The van der Waals surface area contributed by atoms with Gasteiger partial charge in [-0.2, -0.15) is 0 Å². The van der Waals surface area contributed by atoms with Gasteiger partial charge < -0.3 is 14.7 Å². The van der Waals surface area contributed by atoms with E-state index in [4.69, 9.17) is 9.84 Å². The number of nitrogens with zero attached hydrogens (tertiary/aromatic N) is 1. The number of amides is 1. The Balaban J connectivity index is 2.63. The molecule has 0 spiro atoms. The van der Waals surface area contributed by atoms with Gasteiger partial charge >= 0.3 is 6.09 Å². The molecule has 0 aromatic rings. The van der Waals surface area contributed by atoms with Gasteiger partial charge in [-0.15, -0.1) is 0 Å². The zero-order valence-corrected chi connectivity index (χ0v) is 10.5. The molecule has 96 valence electrons. The zero-order valence-electron chi connectivity index (χ0n) is 10.5. The number of rotatable bonds is 0. The van der Waals surface area contributed by atoms with Crippen LogP contribution in [0.4, 0.5) is 4.79 Å². The fourth-order valence-electron chi connectivity index (χ4n) is 1.55. The van der Waals surface area contributed by atoms with E-state index in [-0.39, 0.29) is 12.2 Å². The highest BCUT2D eigenvalue weighted by atomic mass is 16.6. The minimum atomic E-state index is -0.539. The van der Waals surface area contributed by atoms with Crippen molar-refractivity contribution >= 4 is 11.9 Å². The molecule has 1 saturated heterocycles. The van der Waals surface area contributed by atoms with Crippen molar-refractivity contribution in [2.45, 2.75) is 39.2 Å². The summed E-state index contributed by atoms with van der Waals surface area (Å²) in [7, 11) is 0. The zero-order chi connectivity index (χ0) is 13.1. The summed E-state index contributed by atoms with van der Waals surface area (Å²) in [5, 5.41) is 8.88. The second-order valence-electron chi connectivity index (χ2n) is 5.04. The SMILES string of the molecule is CC(C)(C)OC(=O)N1CCC(=O)C(=CO)CC1. The van der Waals surface area contributed by atoms with Crippen molar-refractivity contribution in [2.75, 3.05) is 13.1 Å². The summed E-state index contributed by atoms with van der Waals surface area (Å²) >= 11 is 0. The summed E-state index contributed by atoms with van der Waals surface area (Å²) in [5.74, 6) is -0.112. The molecule has 1 heterocycles. The molecule has 0 radical (unpaired) electrons. The predicted octanol–water partition coefficient (Wildman–Crippen LogP) is 2.03. The van der Waals surface area contributed by atoms with Crippen molar-refractivity contribution in [1.82, 2.24) is 4.90 Å². The van der Waals surface area contributed by atoms with Crippen molar-refractivity contribution in [3.8, 4) is 0 Å². The van der Waals surface area contributed by atoms with Gasteiger partial charge in [-0.1, -0.05) is 0 Å². The third-order valence-corrected chi connectivity index (χ3v) is 2.43. The molecule has 0 atom stereocenters. The number of ether oxygens (including phenoxy) is 1. The van der Waals surface area contributed by atoms with Crippen molar-refractivity contribution < 1.29 is 19.4 Å². The number of carbonyl (C=O) groups excluding carboxylic acids is 2. The van der Waals surface area contributed by atoms with Gasteiger partial charge in [-0.05, 0) is 27.2 Å². The average molecular weight is 241 g/mol. The Hall–Kier alpha value is -1.52. The maximum Gasteiger partial charge on any atom is 0.410 e. The minimum absolute atomic E-state index is 0.112. The molecular formula is C12H19NO4. The Morgan fingerprint density at radius 2 is 1.94 bits per heavy atom. The van der Waals surface area contributed by atoms with Crippen molar-refractivity contribution in [3.05, 3.63) is 11.8 Å². The van der Waals surface area contributed by atoms with Crippen molar-refractivity contribution in [1.29, 1.82) is 0 Å². The maximum atomic E-state index is 11.8. The Morgan fingerprint density at radius 3 is 2.47 bits per heavy atom. The summed E-state index contributed by atoms with van der Waals surface area (Å²) in [6, 6.07) is 0. The second kappa shape index (κ2) is 5.21. The maximum absolute atomic E-state index is 11.8. The van der Waals surface area contributed by atoms with Gasteiger partial charge in [0, 0.05) is 25.1 Å². The number of aliphatic hydroxyl groups is 1. The van der Waals surface area contributed by atoms with E-state index < -0.39 is 11.7 Å². The van der Waals surface area contributed by atoms with E-state index in [9.17, 15) is 9.59 Å². The molecule has 1 rings (SSSR count). The number of Topliss-reactive ketones (excluding diaryl/α,β-unsaturated/α-hetero) is 1. The molecule has 0 saturated carbocycles. The average Bonchev–Trinajstić information content (AvgIpc) is 2.37. The van der Waals surface area contributed by atoms with E-state index in [2.05, 4.69) is 0 Å². The fraction of sp³-hybridized carbons (Fsp3) is 0.667. The molecule has 0 aliphatic carbocycles. The Labute approximate surface area is 101 Å². The van der Waals surface area contributed by atoms with Gasteiger partial charge in [0.05, 0.1) is 6.26 Å². The lowest BCUT2D eigenvalue weighted by molar-refractivity contribution is -0.115. The van der Waals surface area contributed by atoms with E-state index in [0.29, 0.717) is 25.1 Å². The molecule has 1 amide bonds. The first-order chi connectivity index (χ1) is 7.83. The first-order valence-corrected chi connectivity index (χ1v) is 5.68. The molecule has 5 nitrogen and oxygen atoms in total. The molecule has 17 heavy (non-hydrogen) atoms. The van der Waals surface area contributed by atoms with Crippen LogP contribution in [0, 0.1) is 0 Å². The van der Waals surface area contributed by atoms with Crippen LogP contribution in [0.1, 0.15) is 33.6 Å². The van der Waals surface area contributed by atoms with Crippen LogP contribution in [0.2, 0.25) is 0 Å². The summed E-state index contributed by atoms with van der Waals surface area (Å²) in [6.45, 7) is 6.13. The minimum Gasteiger partial charge on any atom is -0.515 e. The number of hydrogen-bond donors (Lipinski definition) is 1. The smallest absolute Gasteiger partial charge is 0.410 e. The quantitative estimate of drug-likeness (QED) is 0.520. The van der Waals surface area contributed by atoms with Crippen LogP contribution in [0.3, 0.4) is 0 Å². The van der Waals surface area contributed by atoms with Gasteiger partial charge in [-0.3, -0.25) is 4.79 Å². The number of ketones is 1. The first-order valence-electron chi connectivity index (χ1n) is 5.68. The topological polar surface area (TPSA) is 66.8 Å². The van der Waals surface area contributed by atoms with Gasteiger partial charge in [0.25, 0.3) is 0 Å². The summed E-state index contributed by atoms with van der Waals surface area (Å²) < 4.78 is 5.23. The van der Waals surface area contributed by atoms with Gasteiger partial charge in [0.15, 0.2) is 5.78 Å². The third-order valence-electron chi connectivity index (χ3n) is 2.43. The van der Waals surface area contributed by atoms with Crippen LogP contribution in [-0.2, 0) is 9.53 Å². The van der Waals surface area contributed by atoms with Crippen LogP contribution in [-0.4, -0.2) is 40.6 Å². The van der Waals surface area contributed by atoms with Gasteiger partial charge in [0.2, 0.25) is 0 Å². The lowest BCUT2D eigenvalue weighted by Crippen LogP contribution is -2.37. The number of aliphatic hydroxyl groups excluding tert-OH is 1. The molecule has 1 aliphatic rings. The van der Waals surface area contributed by atoms with Crippen LogP contribution in [0.15, 0.2) is 11.8 Å². The third kappa shape index (κ3) is 4.09. The number of likely N-dealkylation sites (tertiary alicyclic amines) is 1. The monoisotopic (exact) mass is 241 g/mol. The van der Waals surface area contributed by atoms with Crippen molar-refractivity contribution in [2.24, 2.45) is 0 Å². The van der Waals surface area contributed by atoms with E-state index in [1.807, 2.05) is 0 Å². The lowest BCUT2D eigenvalue weighted by atomic mass is 10.1. The van der Waals surface area contributed by atoms with E-state index in [1.165, 1.54) is 4.90 Å². The molecule has 0 unspecified atom stereocenters. The number of hydrogen-bond acceptors (Lipinski definition) is 4. The Morgan fingerprint density at radius 1 is 1.35 bits per heavy atom. The van der Waals surface area contributed by atoms with E-state index in [0.717, 1.165) is 6.26 Å². The molecular weight excluding hydrogens is 222 g/mol. The normalized spacial score (nSPS) is 20.3. The van der Waals surface area contributed by atoms with Gasteiger partial charge in [-0.25, -0.2) is 4.79 Å². The predicted molar refractivity (Wildman–Crippen MR) is 62.8 cm³/mol. The van der Waals surface area contributed by atoms with Crippen LogP contribution in [0.5, 0.6) is 0 Å². The molecule has 1 fully saturated rings. The van der Waals surface area contributed by atoms with E-state index >= 15 is 0 Å². The highest BCUT2D eigenvalue weighted by molar-refractivity contribution is 5.95. The van der Waals surface area contributed by atoms with Crippen LogP contribution in [0.25, 0.3) is 0 Å². The molecule has 1 N–H and O–H groups in total. The largest absolute Gasteiger partial charge is 0.515 e. The summed E-state index contributed by atoms with van der Waals surface area (Å²) in [5.41, 5.74) is -0.167. The summed E-state index contributed by atoms with van der Waals surface area (Å²) in [6.07, 6.45) is 1.02. The highest BCUT2D eigenvalue weighted by Gasteiger charge is 2.26. The van der Waals surface area contributed by atoms with Crippen molar-refractivity contribution in [3.63, 3.8) is 0 Å². The fourth-order valence-corrected chi connectivity index (χ4v) is 1.55. The van der Waals surface area contributed by atoms with Gasteiger partial charge in [0.1, 0.15) is 5.60 Å². The molecule has 0 aromatic carbocycles. The molecule has 0 bridgehead atoms. The highest BCUT2D eigenvalue weighted by Crippen LogP contribution is 2.16.